The summed E-state index contributed by atoms with van der Waals surface area (Å²) in [5.41, 5.74) is 2.23. The van der Waals surface area contributed by atoms with Crippen LogP contribution in [0.3, 0.4) is 0 Å². The Morgan fingerprint density at radius 3 is 2.67 bits per heavy atom. The zero-order chi connectivity index (χ0) is 13.0. The van der Waals surface area contributed by atoms with E-state index in [-0.39, 0.29) is 0 Å². The van der Waals surface area contributed by atoms with Gasteiger partial charge in [-0.3, -0.25) is 4.90 Å². The maximum atomic E-state index is 4.43. The van der Waals surface area contributed by atoms with Crippen LogP contribution in [0.15, 0.2) is 34.9 Å². The highest BCUT2D eigenvalue weighted by atomic mass is 79.9. The molecule has 0 atom stereocenters. The van der Waals surface area contributed by atoms with Crippen molar-refractivity contribution in [1.82, 2.24) is 14.9 Å². The van der Waals surface area contributed by atoms with Crippen molar-refractivity contribution in [3.8, 4) is 11.3 Å². The molecule has 0 bridgehead atoms. The number of rotatable bonds is 5. The fourth-order valence-electron chi connectivity index (χ4n) is 1.94. The van der Waals surface area contributed by atoms with E-state index >= 15 is 0 Å². The second-order valence-corrected chi connectivity index (χ2v) is 5.40. The van der Waals surface area contributed by atoms with Gasteiger partial charge in [-0.15, -0.1) is 0 Å². The summed E-state index contributed by atoms with van der Waals surface area (Å²) in [7, 11) is 2.12. The molecule has 0 saturated heterocycles. The summed E-state index contributed by atoms with van der Waals surface area (Å²) in [5, 5.41) is 0. The summed E-state index contributed by atoms with van der Waals surface area (Å²) in [6.45, 7) is 4.14. The van der Waals surface area contributed by atoms with Gasteiger partial charge >= 0.3 is 0 Å². The normalized spacial score (nSPS) is 11.1. The number of nitrogens with one attached hydrogen (secondary N) is 1. The SMILES string of the molecule is CCCN(C)Cc1ncc(-c2ccc(Br)cc2)[nH]1. The predicted octanol–water partition coefficient (Wildman–Crippen LogP) is 3.68. The molecule has 1 N–H and O–H groups in total. The number of aromatic amines is 1. The van der Waals surface area contributed by atoms with E-state index in [2.05, 4.69) is 56.9 Å². The van der Waals surface area contributed by atoms with Gasteiger partial charge < -0.3 is 4.98 Å². The first kappa shape index (κ1) is 13.3. The molecule has 1 aromatic carbocycles. The summed E-state index contributed by atoms with van der Waals surface area (Å²) < 4.78 is 1.09. The van der Waals surface area contributed by atoms with Crippen molar-refractivity contribution in [2.24, 2.45) is 0 Å². The van der Waals surface area contributed by atoms with Gasteiger partial charge in [-0.2, -0.15) is 0 Å². The van der Waals surface area contributed by atoms with Gasteiger partial charge in [-0.25, -0.2) is 4.98 Å². The third-order valence-electron chi connectivity index (χ3n) is 2.81. The maximum Gasteiger partial charge on any atom is 0.120 e. The lowest BCUT2D eigenvalue weighted by Gasteiger charge is -2.12. The van der Waals surface area contributed by atoms with E-state index in [1.54, 1.807) is 0 Å². The minimum atomic E-state index is 0.865. The average molecular weight is 308 g/mol. The summed E-state index contributed by atoms with van der Waals surface area (Å²) in [5.74, 6) is 1.02. The first-order valence-electron chi connectivity index (χ1n) is 6.17. The van der Waals surface area contributed by atoms with Crippen LogP contribution in [0.25, 0.3) is 11.3 Å². The van der Waals surface area contributed by atoms with Gasteiger partial charge in [0, 0.05) is 4.47 Å². The lowest BCUT2D eigenvalue weighted by atomic mass is 10.2. The van der Waals surface area contributed by atoms with Crippen molar-refractivity contribution >= 4 is 15.9 Å². The topological polar surface area (TPSA) is 31.9 Å². The minimum Gasteiger partial charge on any atom is -0.341 e. The Bertz CT molecular complexity index is 490. The van der Waals surface area contributed by atoms with Crippen LogP contribution in [-0.2, 0) is 6.54 Å². The second-order valence-electron chi connectivity index (χ2n) is 4.49. The Balaban J connectivity index is 2.08. The predicted molar refractivity (Wildman–Crippen MR) is 78.3 cm³/mol. The molecule has 3 nitrogen and oxygen atoms in total. The molecule has 1 heterocycles. The van der Waals surface area contributed by atoms with Gasteiger partial charge in [0.1, 0.15) is 5.82 Å². The molecule has 0 aliphatic rings. The molecule has 18 heavy (non-hydrogen) atoms. The number of hydrogen-bond acceptors (Lipinski definition) is 2. The maximum absolute atomic E-state index is 4.43. The molecule has 2 rings (SSSR count). The average Bonchev–Trinajstić information content (AvgIpc) is 2.78. The largest absolute Gasteiger partial charge is 0.341 e. The van der Waals surface area contributed by atoms with E-state index in [0.29, 0.717) is 0 Å². The lowest BCUT2D eigenvalue weighted by Crippen LogP contribution is -2.19. The summed E-state index contributed by atoms with van der Waals surface area (Å²) in [6, 6.07) is 8.24. The monoisotopic (exact) mass is 307 g/mol. The Kier molecular flexibility index (Phi) is 4.55. The van der Waals surface area contributed by atoms with Crippen LogP contribution < -0.4 is 0 Å². The first-order chi connectivity index (χ1) is 8.69. The molecule has 0 radical (unpaired) electrons. The number of H-pyrrole nitrogens is 1. The smallest absolute Gasteiger partial charge is 0.120 e. The van der Waals surface area contributed by atoms with Gasteiger partial charge in [-0.05, 0) is 37.7 Å². The zero-order valence-electron chi connectivity index (χ0n) is 10.8. The molecule has 4 heteroatoms. The highest BCUT2D eigenvalue weighted by Crippen LogP contribution is 2.20. The lowest BCUT2D eigenvalue weighted by molar-refractivity contribution is 0.320. The molecule has 1 aromatic heterocycles. The summed E-state index contributed by atoms with van der Waals surface area (Å²) in [6.07, 6.45) is 3.06. The Hall–Kier alpha value is -1.13. The van der Waals surface area contributed by atoms with Gasteiger partial charge in [0.05, 0.1) is 18.4 Å². The highest BCUT2D eigenvalue weighted by molar-refractivity contribution is 9.10. The summed E-state index contributed by atoms with van der Waals surface area (Å²) >= 11 is 3.44. The van der Waals surface area contributed by atoms with E-state index in [4.69, 9.17) is 0 Å². The number of benzene rings is 1. The van der Waals surface area contributed by atoms with Crippen molar-refractivity contribution in [3.63, 3.8) is 0 Å². The third-order valence-corrected chi connectivity index (χ3v) is 3.34. The van der Waals surface area contributed by atoms with E-state index in [1.165, 1.54) is 0 Å². The first-order valence-corrected chi connectivity index (χ1v) is 6.96. The molecular weight excluding hydrogens is 290 g/mol. The van der Waals surface area contributed by atoms with Crippen LogP contribution in [0.1, 0.15) is 19.2 Å². The van der Waals surface area contributed by atoms with Gasteiger partial charge in [-0.1, -0.05) is 35.0 Å². The molecule has 0 aliphatic carbocycles. The Labute approximate surface area is 116 Å². The molecule has 96 valence electrons. The van der Waals surface area contributed by atoms with Gasteiger partial charge in [0.15, 0.2) is 0 Å². The van der Waals surface area contributed by atoms with Crippen LogP contribution in [0.5, 0.6) is 0 Å². The molecular formula is C14H18BrN3. The molecule has 0 spiro atoms. The van der Waals surface area contributed by atoms with Gasteiger partial charge in [0.2, 0.25) is 0 Å². The summed E-state index contributed by atoms with van der Waals surface area (Å²) in [4.78, 5) is 10.1. The van der Waals surface area contributed by atoms with Crippen molar-refractivity contribution in [3.05, 3.63) is 40.8 Å². The fraction of sp³-hybridized carbons (Fsp3) is 0.357. The van der Waals surface area contributed by atoms with Crippen LogP contribution >= 0.6 is 15.9 Å². The minimum absolute atomic E-state index is 0.865. The standard InChI is InChI=1S/C14H18BrN3/c1-3-8-18(2)10-14-16-9-13(17-14)11-4-6-12(15)7-5-11/h4-7,9H,3,8,10H2,1-2H3,(H,16,17). The van der Waals surface area contributed by atoms with E-state index < -0.39 is 0 Å². The van der Waals surface area contributed by atoms with Crippen molar-refractivity contribution in [1.29, 1.82) is 0 Å². The van der Waals surface area contributed by atoms with E-state index in [0.717, 1.165) is 41.1 Å². The van der Waals surface area contributed by atoms with Crippen molar-refractivity contribution in [2.75, 3.05) is 13.6 Å². The Morgan fingerprint density at radius 2 is 2.00 bits per heavy atom. The van der Waals surface area contributed by atoms with Crippen molar-refractivity contribution in [2.45, 2.75) is 19.9 Å². The molecule has 0 saturated carbocycles. The highest BCUT2D eigenvalue weighted by Gasteiger charge is 2.05. The molecule has 0 fully saturated rings. The van der Waals surface area contributed by atoms with Crippen LogP contribution in [-0.4, -0.2) is 28.5 Å². The van der Waals surface area contributed by atoms with E-state index in [9.17, 15) is 0 Å². The second kappa shape index (κ2) is 6.16. The van der Waals surface area contributed by atoms with Crippen molar-refractivity contribution < 1.29 is 0 Å². The molecule has 0 unspecified atom stereocenters. The fourth-order valence-corrected chi connectivity index (χ4v) is 2.20. The van der Waals surface area contributed by atoms with Crippen LogP contribution in [0, 0.1) is 0 Å². The zero-order valence-corrected chi connectivity index (χ0v) is 12.4. The quantitative estimate of drug-likeness (QED) is 0.913. The van der Waals surface area contributed by atoms with E-state index in [1.807, 2.05) is 18.3 Å². The van der Waals surface area contributed by atoms with Gasteiger partial charge in [0.25, 0.3) is 0 Å². The number of halogens is 1. The Morgan fingerprint density at radius 1 is 1.28 bits per heavy atom. The number of nitrogens with zero attached hydrogens (tertiary/aromatic N) is 2. The molecule has 0 aliphatic heterocycles. The molecule has 0 amide bonds. The number of imidazole rings is 1. The third kappa shape index (κ3) is 3.43. The van der Waals surface area contributed by atoms with Crippen LogP contribution in [0.4, 0.5) is 0 Å². The number of aromatic nitrogens is 2. The number of hydrogen-bond donors (Lipinski definition) is 1. The molecule has 2 aromatic rings. The van der Waals surface area contributed by atoms with Crippen LogP contribution in [0.2, 0.25) is 0 Å².